The Morgan fingerprint density at radius 3 is 1.78 bits per heavy atom. The van der Waals surface area contributed by atoms with E-state index < -0.39 is 69.0 Å². The smallest absolute Gasteiger partial charge is 0.744 e. The van der Waals surface area contributed by atoms with Crippen molar-refractivity contribution in [3.63, 3.8) is 0 Å². The molecule has 0 bridgehead atoms. The maximum Gasteiger partial charge on any atom is 1.00 e. The first-order chi connectivity index (χ1) is 26.4. The molecule has 0 saturated heterocycles. The Labute approximate surface area is 375 Å². The summed E-state index contributed by atoms with van der Waals surface area (Å²) in [6.07, 6.45) is 6.68. The third-order valence-electron chi connectivity index (χ3n) is 8.38. The molecular weight excluding hydrogens is 815 g/mol. The monoisotopic (exact) mass is 840 g/mol. The molecule has 4 aromatic carbocycles. The molecule has 58 heavy (non-hydrogen) atoms. The molecule has 4 aromatic rings. The molecule has 2 aliphatic rings. The molecule has 0 unspecified atom stereocenters. The van der Waals surface area contributed by atoms with Gasteiger partial charge >= 0.3 is 59.1 Å². The molecule has 0 radical (unpaired) electrons. The zero-order valence-electron chi connectivity index (χ0n) is 31.0. The molecule has 22 heteroatoms. The van der Waals surface area contributed by atoms with Gasteiger partial charge in [0, 0.05) is 12.1 Å². The number of ketones is 2. The molecule has 0 amide bonds. The number of hydrogen-bond acceptors (Lipinski definition) is 17. The number of carbonyl (C=O) groups is 2. The van der Waals surface area contributed by atoms with Crippen LogP contribution in [0.15, 0.2) is 121 Å². The fourth-order valence-corrected chi connectivity index (χ4v) is 6.84. The van der Waals surface area contributed by atoms with Gasteiger partial charge in [0.05, 0.1) is 48.7 Å². The summed E-state index contributed by atoms with van der Waals surface area (Å²) in [6, 6.07) is 15.9. The Morgan fingerprint density at radius 2 is 1.28 bits per heavy atom. The van der Waals surface area contributed by atoms with Crippen LogP contribution < -0.4 is 75.7 Å². The van der Waals surface area contributed by atoms with Crippen LogP contribution in [0.1, 0.15) is 27.0 Å². The topological polar surface area (TPSA) is 291 Å². The van der Waals surface area contributed by atoms with Gasteiger partial charge in [0.1, 0.15) is 31.6 Å². The Bertz CT molecular complexity index is 2780. The van der Waals surface area contributed by atoms with Gasteiger partial charge in [0.25, 0.3) is 5.69 Å². The number of allylic oxidation sites excluding steroid dienone is 5. The molecule has 0 aliphatic heterocycles. The van der Waals surface area contributed by atoms with Crippen molar-refractivity contribution in [2.75, 3.05) is 16.6 Å². The van der Waals surface area contributed by atoms with E-state index in [-0.39, 0.29) is 76.3 Å². The maximum absolute atomic E-state index is 13.8. The number of hydrogen-bond donors (Lipinski definition) is 3. The number of hydrazone groups is 2. The Hall–Kier alpha value is -5.00. The van der Waals surface area contributed by atoms with Crippen molar-refractivity contribution >= 4 is 83.4 Å². The SMILES string of the molecule is Cc1cc(-c2ccc(NN=C3C(=O)c4c(cc(S(=O)(=O)[O-])c(N=Nc5ccc([N+](=O)[O-])cc5)c4N)C=C3S(=O)(=O)[O-])c(C)c2)ccc1NN=C1C=CC(=O)C=C1.[Na+].[Na+]. The number of anilines is 3. The number of fused-ring (bicyclic) bond motifs is 1. The van der Waals surface area contributed by atoms with E-state index >= 15 is 0 Å². The standard InChI is InChI=1S/C36H28N8O10S2.2Na/c1-19-15-21(3-13-28(19)40-38-25-7-11-27(45)12-8-25)22-4-14-29(20(2)16-22)41-43-35-31(56(52,53)54)18-23-17-30(55(49,50)51)34(33(37)32(23)36(35)46)42-39-24-5-9-26(10-6-24)44(47)48;;/h3-18,40-41H,37H2,1-2H3,(H,49,50,51)(H,52,53,54);;/q;2*+1/p-2. The molecule has 0 fully saturated rings. The predicted molar refractivity (Wildman–Crippen MR) is 205 cm³/mol. The second kappa shape index (κ2) is 18.3. The van der Waals surface area contributed by atoms with E-state index in [1.807, 2.05) is 25.1 Å². The van der Waals surface area contributed by atoms with E-state index in [0.29, 0.717) is 29.1 Å². The van der Waals surface area contributed by atoms with Crippen molar-refractivity contribution in [2.24, 2.45) is 20.4 Å². The summed E-state index contributed by atoms with van der Waals surface area (Å²) in [5.41, 5.74) is 12.9. The van der Waals surface area contributed by atoms with E-state index in [2.05, 4.69) is 31.3 Å². The summed E-state index contributed by atoms with van der Waals surface area (Å²) < 4.78 is 73.9. The van der Waals surface area contributed by atoms with Gasteiger partial charge in [-0.3, -0.25) is 30.6 Å². The summed E-state index contributed by atoms with van der Waals surface area (Å²) in [4.78, 5) is 33.3. The van der Waals surface area contributed by atoms with Crippen molar-refractivity contribution in [1.82, 2.24) is 0 Å². The zero-order chi connectivity index (χ0) is 40.5. The van der Waals surface area contributed by atoms with Crippen molar-refractivity contribution in [1.29, 1.82) is 0 Å². The van der Waals surface area contributed by atoms with Crippen LogP contribution in [0.3, 0.4) is 0 Å². The number of nitrogens with one attached hydrogen (secondary N) is 2. The molecular formula is C36H26N8Na2O10S2. The van der Waals surface area contributed by atoms with Gasteiger partial charge in [-0.05, 0) is 115 Å². The van der Waals surface area contributed by atoms with Gasteiger partial charge in [-0.2, -0.15) is 15.3 Å². The second-order valence-electron chi connectivity index (χ2n) is 12.2. The van der Waals surface area contributed by atoms with E-state index in [1.165, 1.54) is 24.3 Å². The Kier molecular flexibility index (Phi) is 14.4. The van der Waals surface area contributed by atoms with Gasteiger partial charge in [-0.15, -0.1) is 5.11 Å². The van der Waals surface area contributed by atoms with Crippen molar-refractivity contribution in [2.45, 2.75) is 18.7 Å². The summed E-state index contributed by atoms with van der Waals surface area (Å²) in [6.45, 7) is 3.60. The summed E-state index contributed by atoms with van der Waals surface area (Å²) in [5.74, 6) is -1.34. The fourth-order valence-electron chi connectivity index (χ4n) is 5.53. The summed E-state index contributed by atoms with van der Waals surface area (Å²) in [5, 5.41) is 26.8. The van der Waals surface area contributed by atoms with E-state index in [4.69, 9.17) is 5.73 Å². The second-order valence-corrected chi connectivity index (χ2v) is 14.9. The molecule has 0 aromatic heterocycles. The quantitative estimate of drug-likeness (QED) is 0.0355. The van der Waals surface area contributed by atoms with Crippen LogP contribution in [0.5, 0.6) is 0 Å². The van der Waals surface area contributed by atoms with Gasteiger partial charge in [-0.1, -0.05) is 12.1 Å². The van der Waals surface area contributed by atoms with E-state index in [1.54, 1.807) is 37.3 Å². The zero-order valence-corrected chi connectivity index (χ0v) is 36.6. The normalized spacial score (nSPS) is 14.4. The number of Topliss-reactive ketones (excluding diaryl/α,β-unsaturated/α-hetero) is 1. The number of benzene rings is 4. The van der Waals surface area contributed by atoms with Gasteiger partial charge in [-0.25, -0.2) is 16.8 Å². The minimum atomic E-state index is -5.43. The van der Waals surface area contributed by atoms with Gasteiger partial charge in [0.15, 0.2) is 5.78 Å². The molecule has 6 rings (SSSR count). The number of non-ortho nitro benzene ring substituents is 1. The number of nitrogens with zero attached hydrogens (tertiary/aromatic N) is 5. The molecule has 18 nitrogen and oxygen atoms in total. The number of aryl methyl sites for hydroxylation is 2. The molecule has 0 saturated carbocycles. The maximum atomic E-state index is 13.8. The summed E-state index contributed by atoms with van der Waals surface area (Å²) >= 11 is 0. The number of nitrogens with two attached hydrogens (primary N) is 1. The Balaban J connectivity index is 0.00000372. The minimum absolute atomic E-state index is 0. The van der Waals surface area contributed by atoms with Crippen LogP contribution in [0.25, 0.3) is 17.2 Å². The van der Waals surface area contributed by atoms with Crippen LogP contribution >= 0.6 is 0 Å². The number of nitro groups is 1. The van der Waals surface area contributed by atoms with Crippen LogP contribution in [-0.2, 0) is 25.0 Å². The van der Waals surface area contributed by atoms with E-state index in [0.717, 1.165) is 34.5 Å². The number of rotatable bonds is 10. The third kappa shape index (κ3) is 10.2. The third-order valence-corrected chi connectivity index (χ3v) is 10.1. The first kappa shape index (κ1) is 45.7. The molecule has 0 heterocycles. The summed E-state index contributed by atoms with van der Waals surface area (Å²) in [7, 11) is -10.8. The first-order valence-electron chi connectivity index (χ1n) is 16.0. The van der Waals surface area contributed by atoms with Crippen molar-refractivity contribution in [3.05, 3.63) is 128 Å². The average Bonchev–Trinajstić information content (AvgIpc) is 3.13. The van der Waals surface area contributed by atoms with Crippen molar-refractivity contribution < 1.29 is 99.6 Å². The van der Waals surface area contributed by atoms with Crippen LogP contribution in [0.2, 0.25) is 0 Å². The molecule has 4 N–H and O–H groups in total. The van der Waals surface area contributed by atoms with Crippen LogP contribution in [0.4, 0.5) is 34.1 Å². The average molecular weight is 841 g/mol. The molecule has 2 aliphatic carbocycles. The van der Waals surface area contributed by atoms with Gasteiger partial charge < -0.3 is 14.8 Å². The van der Waals surface area contributed by atoms with E-state index in [9.17, 15) is 45.6 Å². The van der Waals surface area contributed by atoms with Crippen LogP contribution in [-0.4, -0.2) is 53.9 Å². The first-order valence-corrected chi connectivity index (χ1v) is 18.8. The largest absolute Gasteiger partial charge is 1.00 e. The van der Waals surface area contributed by atoms with Crippen LogP contribution in [0, 0.1) is 24.0 Å². The fraction of sp³-hybridized carbons (Fsp3) is 0.0556. The Morgan fingerprint density at radius 1 is 0.724 bits per heavy atom. The molecule has 0 atom stereocenters. The van der Waals surface area contributed by atoms with Crippen molar-refractivity contribution in [3.8, 4) is 11.1 Å². The molecule has 0 spiro atoms. The number of carbonyl (C=O) groups excluding carboxylic acids is 2. The number of azo groups is 1. The molecule has 284 valence electrons. The number of nitrogen functional groups attached to an aromatic ring is 1. The predicted octanol–water partition coefficient (Wildman–Crippen LogP) is -0.198. The minimum Gasteiger partial charge on any atom is -0.744 e. The van der Waals surface area contributed by atoms with Gasteiger partial charge in [0.2, 0.25) is 5.78 Å². The number of nitro benzene ring substituents is 1.